The molecule has 0 saturated heterocycles. The molecular weight excluding hydrogens is 200 g/mol. The topological polar surface area (TPSA) is 0 Å². The molecule has 0 spiro atoms. The largest absolute Gasteiger partial charge is 0.143 e. The Morgan fingerprint density at radius 1 is 1.53 bits per heavy atom. The normalized spacial score (nSPS) is 22.3. The summed E-state index contributed by atoms with van der Waals surface area (Å²) in [4.78, 5) is 1.08. The molecule has 0 aromatic rings. The van der Waals surface area contributed by atoms with E-state index < -0.39 is 0 Å². The predicted octanol–water partition coefficient (Wildman–Crippen LogP) is 4.68. The van der Waals surface area contributed by atoms with Gasteiger partial charge in [0.1, 0.15) is 0 Å². The van der Waals surface area contributed by atoms with Crippen LogP contribution >= 0.6 is 12.6 Å². The van der Waals surface area contributed by atoms with Gasteiger partial charge in [-0.1, -0.05) is 30.7 Å². The zero-order valence-corrected chi connectivity index (χ0v) is 11.0. The van der Waals surface area contributed by atoms with Gasteiger partial charge in [0.25, 0.3) is 0 Å². The molecule has 1 rings (SSSR count). The van der Waals surface area contributed by atoms with Crippen LogP contribution in [0.15, 0.2) is 45.9 Å². The minimum Gasteiger partial charge on any atom is -0.143 e. The third-order valence-electron chi connectivity index (χ3n) is 2.73. The Balaban J connectivity index is 3.17. The van der Waals surface area contributed by atoms with Crippen LogP contribution in [0.1, 0.15) is 34.1 Å². The van der Waals surface area contributed by atoms with E-state index in [9.17, 15) is 0 Å². The summed E-state index contributed by atoms with van der Waals surface area (Å²) in [5, 5.41) is 0. The van der Waals surface area contributed by atoms with Crippen LogP contribution in [0, 0.1) is 5.92 Å². The Bertz CT molecular complexity index is 363. The Morgan fingerprint density at radius 3 is 2.67 bits per heavy atom. The van der Waals surface area contributed by atoms with Crippen LogP contribution in [0.4, 0.5) is 0 Å². The molecule has 1 heteroatoms. The molecule has 1 atom stereocenters. The van der Waals surface area contributed by atoms with Crippen LogP contribution in [0.3, 0.4) is 0 Å². The third-order valence-corrected chi connectivity index (χ3v) is 3.12. The molecule has 0 fully saturated rings. The molecule has 0 nitrogen and oxygen atoms in total. The third kappa shape index (κ3) is 3.13. The Hall–Kier alpha value is -0.690. The number of hydrogen-bond donors (Lipinski definition) is 1. The number of hydrogen-bond acceptors (Lipinski definition) is 1. The summed E-state index contributed by atoms with van der Waals surface area (Å²) in [6.07, 6.45) is 5.39. The SMILES string of the molecule is C=C1CC(C)C(C=C(C)C)=C(S)C=C1C. The first-order chi connectivity index (χ1) is 6.91. The monoisotopic (exact) mass is 220 g/mol. The summed E-state index contributed by atoms with van der Waals surface area (Å²) in [7, 11) is 0. The van der Waals surface area contributed by atoms with E-state index >= 15 is 0 Å². The first kappa shape index (κ1) is 12.4. The molecule has 0 amide bonds. The van der Waals surface area contributed by atoms with Gasteiger partial charge in [0.05, 0.1) is 0 Å². The molecule has 1 aliphatic rings. The average molecular weight is 220 g/mol. The molecule has 0 heterocycles. The quantitative estimate of drug-likeness (QED) is 0.609. The zero-order chi connectivity index (χ0) is 11.6. The van der Waals surface area contributed by atoms with Gasteiger partial charge in [-0.15, -0.1) is 12.6 Å². The van der Waals surface area contributed by atoms with E-state index in [1.54, 1.807) is 0 Å². The summed E-state index contributed by atoms with van der Waals surface area (Å²) < 4.78 is 0. The van der Waals surface area contributed by atoms with E-state index in [2.05, 4.69) is 59.1 Å². The van der Waals surface area contributed by atoms with Crippen molar-refractivity contribution in [3.8, 4) is 0 Å². The van der Waals surface area contributed by atoms with Crippen molar-refractivity contribution in [1.29, 1.82) is 0 Å². The lowest BCUT2D eigenvalue weighted by Crippen LogP contribution is -1.99. The minimum atomic E-state index is 0.508. The lowest BCUT2D eigenvalue weighted by atomic mass is 9.93. The average Bonchev–Trinajstić information content (AvgIpc) is 2.19. The molecule has 0 saturated carbocycles. The molecule has 1 unspecified atom stereocenters. The molecular formula is C14H20S. The fourth-order valence-electron chi connectivity index (χ4n) is 1.81. The molecule has 82 valence electrons. The van der Waals surface area contributed by atoms with E-state index in [0.717, 1.165) is 11.3 Å². The summed E-state index contributed by atoms with van der Waals surface area (Å²) in [5.41, 5.74) is 5.13. The van der Waals surface area contributed by atoms with E-state index in [0.29, 0.717) is 5.92 Å². The Labute approximate surface area is 98.9 Å². The van der Waals surface area contributed by atoms with Crippen molar-refractivity contribution in [2.45, 2.75) is 34.1 Å². The van der Waals surface area contributed by atoms with Crippen LogP contribution in [0.25, 0.3) is 0 Å². The fourth-order valence-corrected chi connectivity index (χ4v) is 2.29. The van der Waals surface area contributed by atoms with Gasteiger partial charge in [-0.05, 0) is 50.3 Å². The van der Waals surface area contributed by atoms with Crippen molar-refractivity contribution in [3.05, 3.63) is 45.9 Å². The molecule has 0 bridgehead atoms. The molecule has 1 aliphatic carbocycles. The second kappa shape index (κ2) is 4.89. The predicted molar refractivity (Wildman–Crippen MR) is 72.1 cm³/mol. The highest BCUT2D eigenvalue weighted by Crippen LogP contribution is 2.33. The zero-order valence-electron chi connectivity index (χ0n) is 10.1. The molecule has 0 N–H and O–H groups in total. The van der Waals surface area contributed by atoms with Gasteiger partial charge in [-0.2, -0.15) is 0 Å². The molecule has 0 aliphatic heterocycles. The Kier molecular flexibility index (Phi) is 4.04. The van der Waals surface area contributed by atoms with Crippen LogP contribution in [0.2, 0.25) is 0 Å². The van der Waals surface area contributed by atoms with E-state index in [1.165, 1.54) is 22.3 Å². The summed E-state index contributed by atoms with van der Waals surface area (Å²) >= 11 is 4.58. The van der Waals surface area contributed by atoms with Crippen LogP contribution in [-0.2, 0) is 0 Å². The van der Waals surface area contributed by atoms with Gasteiger partial charge in [0.2, 0.25) is 0 Å². The van der Waals surface area contributed by atoms with Gasteiger partial charge in [0.15, 0.2) is 0 Å². The van der Waals surface area contributed by atoms with Gasteiger partial charge >= 0.3 is 0 Å². The summed E-state index contributed by atoms with van der Waals surface area (Å²) in [6.45, 7) is 12.7. The van der Waals surface area contributed by atoms with Crippen molar-refractivity contribution < 1.29 is 0 Å². The molecule has 0 radical (unpaired) electrons. The fraction of sp³-hybridized carbons (Fsp3) is 0.429. The van der Waals surface area contributed by atoms with Crippen molar-refractivity contribution in [1.82, 2.24) is 0 Å². The van der Waals surface area contributed by atoms with Crippen LogP contribution < -0.4 is 0 Å². The van der Waals surface area contributed by atoms with E-state index in [-0.39, 0.29) is 0 Å². The number of rotatable bonds is 1. The summed E-state index contributed by atoms with van der Waals surface area (Å²) in [5.74, 6) is 0.508. The molecule has 15 heavy (non-hydrogen) atoms. The van der Waals surface area contributed by atoms with Gasteiger partial charge < -0.3 is 0 Å². The lowest BCUT2D eigenvalue weighted by molar-refractivity contribution is 0.695. The van der Waals surface area contributed by atoms with E-state index in [4.69, 9.17) is 0 Å². The highest BCUT2D eigenvalue weighted by atomic mass is 32.1. The second-order valence-electron chi connectivity index (χ2n) is 4.60. The molecule has 0 aromatic carbocycles. The Morgan fingerprint density at radius 2 is 2.13 bits per heavy atom. The van der Waals surface area contributed by atoms with Gasteiger partial charge in [0, 0.05) is 4.91 Å². The van der Waals surface area contributed by atoms with Gasteiger partial charge in [-0.25, -0.2) is 0 Å². The number of thiol groups is 1. The van der Waals surface area contributed by atoms with E-state index in [1.807, 2.05) is 0 Å². The summed E-state index contributed by atoms with van der Waals surface area (Å²) in [6, 6.07) is 0. The smallest absolute Gasteiger partial charge is 0.00775 e. The van der Waals surface area contributed by atoms with Crippen molar-refractivity contribution >= 4 is 12.6 Å². The highest BCUT2D eigenvalue weighted by molar-refractivity contribution is 7.84. The maximum absolute atomic E-state index is 4.58. The molecule has 0 aromatic heterocycles. The maximum Gasteiger partial charge on any atom is 0.00775 e. The van der Waals surface area contributed by atoms with Crippen molar-refractivity contribution in [2.75, 3.05) is 0 Å². The van der Waals surface area contributed by atoms with Crippen LogP contribution in [-0.4, -0.2) is 0 Å². The van der Waals surface area contributed by atoms with Gasteiger partial charge in [-0.3, -0.25) is 0 Å². The van der Waals surface area contributed by atoms with Crippen molar-refractivity contribution in [2.24, 2.45) is 5.92 Å². The first-order valence-electron chi connectivity index (χ1n) is 5.36. The highest BCUT2D eigenvalue weighted by Gasteiger charge is 2.15. The second-order valence-corrected chi connectivity index (χ2v) is 5.08. The maximum atomic E-state index is 4.58. The van der Waals surface area contributed by atoms with Crippen LogP contribution in [0.5, 0.6) is 0 Å². The lowest BCUT2D eigenvalue weighted by Gasteiger charge is -2.13. The standard InChI is InChI=1S/C14H20S/c1-9(2)6-13-12(5)7-10(3)11(4)8-14(13)15/h6,8,12,15H,3,7H2,1-2,4-5H3. The van der Waals surface area contributed by atoms with Crippen molar-refractivity contribution in [3.63, 3.8) is 0 Å². The minimum absolute atomic E-state index is 0.508. The number of allylic oxidation sites excluding steroid dienone is 6. The first-order valence-corrected chi connectivity index (χ1v) is 5.81.